The molecule has 166 valence electrons. The van der Waals surface area contributed by atoms with Crippen molar-refractivity contribution in [1.82, 2.24) is 10.3 Å². The Balaban J connectivity index is 1.73. The Kier molecular flexibility index (Phi) is 7.45. The second kappa shape index (κ2) is 10.5. The van der Waals surface area contributed by atoms with Crippen LogP contribution in [0, 0.1) is 17.0 Å². The molecule has 2 aromatic carbocycles. The maximum Gasteiger partial charge on any atom is 0.254 e. The van der Waals surface area contributed by atoms with Crippen LogP contribution in [0.1, 0.15) is 28.4 Å². The van der Waals surface area contributed by atoms with Gasteiger partial charge in [-0.2, -0.15) is 0 Å². The Morgan fingerprint density at radius 2 is 1.91 bits per heavy atom. The Morgan fingerprint density at radius 3 is 2.53 bits per heavy atom. The SMILES string of the molecule is CO[C@H](C(=O)NCc1ccc(C(=N)N)cc1)c1c(F)ccc(OCc2cccnc2)c1F. The van der Waals surface area contributed by atoms with Gasteiger partial charge in [0.2, 0.25) is 0 Å². The third-order valence-electron chi connectivity index (χ3n) is 4.68. The number of ether oxygens (including phenoxy) is 2. The minimum Gasteiger partial charge on any atom is -0.486 e. The highest BCUT2D eigenvalue weighted by Crippen LogP contribution is 2.30. The van der Waals surface area contributed by atoms with Crippen LogP contribution in [-0.2, 0) is 22.7 Å². The van der Waals surface area contributed by atoms with Gasteiger partial charge in [-0.05, 0) is 23.8 Å². The molecule has 0 unspecified atom stereocenters. The Labute approximate surface area is 183 Å². The highest BCUT2D eigenvalue weighted by Gasteiger charge is 2.29. The van der Waals surface area contributed by atoms with Crippen LogP contribution in [0.2, 0.25) is 0 Å². The molecular weight excluding hydrogens is 418 g/mol. The number of amides is 1. The molecule has 0 aliphatic heterocycles. The second-order valence-corrected chi connectivity index (χ2v) is 6.87. The van der Waals surface area contributed by atoms with Crippen molar-refractivity contribution in [3.63, 3.8) is 0 Å². The van der Waals surface area contributed by atoms with E-state index in [0.29, 0.717) is 16.7 Å². The summed E-state index contributed by atoms with van der Waals surface area (Å²) in [7, 11) is 1.19. The van der Waals surface area contributed by atoms with Crippen LogP contribution in [0.15, 0.2) is 60.9 Å². The number of nitrogens with zero attached hydrogens (tertiary/aromatic N) is 1. The number of hydrogen-bond donors (Lipinski definition) is 3. The van der Waals surface area contributed by atoms with Crippen molar-refractivity contribution in [3.8, 4) is 5.75 Å². The average molecular weight is 440 g/mol. The van der Waals surface area contributed by atoms with Crippen molar-refractivity contribution in [1.29, 1.82) is 5.41 Å². The average Bonchev–Trinajstić information content (AvgIpc) is 2.80. The number of nitrogens with two attached hydrogens (primary N) is 1. The third kappa shape index (κ3) is 5.44. The lowest BCUT2D eigenvalue weighted by Gasteiger charge is -2.19. The summed E-state index contributed by atoms with van der Waals surface area (Å²) in [4.78, 5) is 16.6. The summed E-state index contributed by atoms with van der Waals surface area (Å²) >= 11 is 0. The first-order valence-corrected chi connectivity index (χ1v) is 9.64. The summed E-state index contributed by atoms with van der Waals surface area (Å²) in [5.41, 5.74) is 6.84. The predicted molar refractivity (Wildman–Crippen MR) is 114 cm³/mol. The minimum atomic E-state index is -1.52. The number of hydrogen-bond acceptors (Lipinski definition) is 5. The Bertz CT molecular complexity index is 1090. The first-order chi connectivity index (χ1) is 15.4. The highest BCUT2D eigenvalue weighted by atomic mass is 19.1. The number of nitrogens with one attached hydrogen (secondary N) is 2. The minimum absolute atomic E-state index is 0.0237. The topological polar surface area (TPSA) is 110 Å². The zero-order chi connectivity index (χ0) is 23.1. The third-order valence-corrected chi connectivity index (χ3v) is 4.68. The van der Waals surface area contributed by atoms with E-state index in [0.717, 1.165) is 12.1 Å². The van der Waals surface area contributed by atoms with Crippen LogP contribution >= 0.6 is 0 Å². The molecule has 1 heterocycles. The van der Waals surface area contributed by atoms with Crippen LogP contribution in [0.3, 0.4) is 0 Å². The molecule has 0 aliphatic rings. The molecule has 1 aromatic heterocycles. The number of carbonyl (C=O) groups is 1. The molecule has 3 aromatic rings. The van der Waals surface area contributed by atoms with Gasteiger partial charge >= 0.3 is 0 Å². The van der Waals surface area contributed by atoms with E-state index < -0.39 is 29.2 Å². The molecule has 0 saturated heterocycles. The van der Waals surface area contributed by atoms with Gasteiger partial charge in [0, 0.05) is 37.2 Å². The van der Waals surface area contributed by atoms with Gasteiger partial charge in [-0.25, -0.2) is 8.78 Å². The van der Waals surface area contributed by atoms with Gasteiger partial charge < -0.3 is 20.5 Å². The quantitative estimate of drug-likeness (QED) is 0.350. The van der Waals surface area contributed by atoms with Crippen molar-refractivity contribution in [2.75, 3.05) is 7.11 Å². The Morgan fingerprint density at radius 1 is 1.16 bits per heavy atom. The van der Waals surface area contributed by atoms with E-state index in [1.807, 2.05) is 0 Å². The lowest BCUT2D eigenvalue weighted by molar-refractivity contribution is -0.131. The van der Waals surface area contributed by atoms with Crippen molar-refractivity contribution in [3.05, 3.63) is 94.8 Å². The largest absolute Gasteiger partial charge is 0.486 e. The number of methoxy groups -OCH3 is 1. The molecule has 1 amide bonds. The molecule has 0 saturated carbocycles. The maximum atomic E-state index is 15.0. The summed E-state index contributed by atoms with van der Waals surface area (Å²) < 4.78 is 40.1. The Hall–Kier alpha value is -3.85. The van der Waals surface area contributed by atoms with Crippen molar-refractivity contribution in [2.24, 2.45) is 5.73 Å². The molecule has 9 heteroatoms. The number of nitrogen functional groups attached to an aromatic ring is 1. The number of carbonyl (C=O) groups excluding carboxylic acids is 1. The fourth-order valence-electron chi connectivity index (χ4n) is 2.99. The van der Waals surface area contributed by atoms with E-state index in [1.165, 1.54) is 7.11 Å². The van der Waals surface area contributed by atoms with Crippen LogP contribution in [0.25, 0.3) is 0 Å². The van der Waals surface area contributed by atoms with E-state index >= 15 is 4.39 Å². The predicted octanol–water partition coefficient (Wildman–Crippen LogP) is 3.23. The first-order valence-electron chi connectivity index (χ1n) is 9.64. The second-order valence-electron chi connectivity index (χ2n) is 6.87. The zero-order valence-corrected chi connectivity index (χ0v) is 17.3. The van der Waals surface area contributed by atoms with Crippen molar-refractivity contribution in [2.45, 2.75) is 19.3 Å². The standard InChI is InChI=1S/C23H22F2N4O3/c1-31-21(23(30)29-12-14-4-6-16(7-5-14)22(26)27)19-17(24)8-9-18(20(19)25)32-13-15-3-2-10-28-11-15/h2-11,21H,12-13H2,1H3,(H3,26,27)(H,29,30)/t21-/m0/s1. The number of benzene rings is 2. The van der Waals surface area contributed by atoms with Crippen LogP contribution < -0.4 is 15.8 Å². The smallest absolute Gasteiger partial charge is 0.254 e. The van der Waals surface area contributed by atoms with Crippen molar-refractivity contribution >= 4 is 11.7 Å². The fraction of sp³-hybridized carbons (Fsp3) is 0.174. The number of amidine groups is 1. The van der Waals surface area contributed by atoms with Gasteiger partial charge in [-0.3, -0.25) is 15.2 Å². The summed E-state index contributed by atoms with van der Waals surface area (Å²) in [5, 5.41) is 9.99. The van der Waals surface area contributed by atoms with E-state index in [1.54, 1.807) is 48.8 Å². The normalized spacial score (nSPS) is 11.6. The molecule has 0 radical (unpaired) electrons. The fourth-order valence-corrected chi connectivity index (χ4v) is 2.99. The van der Waals surface area contributed by atoms with Gasteiger partial charge in [-0.15, -0.1) is 0 Å². The lowest BCUT2D eigenvalue weighted by atomic mass is 10.1. The summed E-state index contributed by atoms with van der Waals surface area (Å²) in [6.07, 6.45) is 1.64. The van der Waals surface area contributed by atoms with Gasteiger partial charge in [0.1, 0.15) is 18.3 Å². The molecule has 0 aliphatic carbocycles. The number of aromatic nitrogens is 1. The first kappa shape index (κ1) is 22.8. The number of pyridine rings is 1. The summed E-state index contributed by atoms with van der Waals surface area (Å²) in [5.74, 6) is -2.94. The number of rotatable bonds is 9. The molecule has 0 fully saturated rings. The number of halogens is 2. The van der Waals surface area contributed by atoms with Crippen LogP contribution in [-0.4, -0.2) is 23.8 Å². The van der Waals surface area contributed by atoms with Crippen molar-refractivity contribution < 1.29 is 23.0 Å². The van der Waals surface area contributed by atoms with E-state index in [4.69, 9.17) is 20.6 Å². The molecule has 0 bridgehead atoms. The van der Waals surface area contributed by atoms with Crippen LogP contribution in [0.4, 0.5) is 8.78 Å². The summed E-state index contributed by atoms with van der Waals surface area (Å²) in [6, 6.07) is 12.3. The molecule has 1 atom stereocenters. The van der Waals surface area contributed by atoms with Gasteiger partial charge in [0.25, 0.3) is 5.91 Å². The zero-order valence-electron chi connectivity index (χ0n) is 17.3. The maximum absolute atomic E-state index is 15.0. The molecule has 32 heavy (non-hydrogen) atoms. The van der Waals surface area contributed by atoms with E-state index in [2.05, 4.69) is 10.3 Å². The van der Waals surface area contributed by atoms with Gasteiger partial charge in [-0.1, -0.05) is 30.3 Å². The van der Waals surface area contributed by atoms with E-state index in [9.17, 15) is 9.18 Å². The van der Waals surface area contributed by atoms with Gasteiger partial charge in [0.15, 0.2) is 17.7 Å². The molecule has 0 spiro atoms. The monoisotopic (exact) mass is 440 g/mol. The van der Waals surface area contributed by atoms with Crippen LogP contribution in [0.5, 0.6) is 5.75 Å². The highest BCUT2D eigenvalue weighted by molar-refractivity contribution is 5.94. The summed E-state index contributed by atoms with van der Waals surface area (Å²) in [6.45, 7) is 0.118. The van der Waals surface area contributed by atoms with E-state index in [-0.39, 0.29) is 24.7 Å². The molecule has 4 N–H and O–H groups in total. The lowest BCUT2D eigenvalue weighted by Crippen LogP contribution is -2.31. The molecule has 7 nitrogen and oxygen atoms in total. The molecular formula is C23H22F2N4O3. The molecule has 3 rings (SSSR count). The van der Waals surface area contributed by atoms with Gasteiger partial charge in [0.05, 0.1) is 5.56 Å².